The Morgan fingerprint density at radius 1 is 1.10 bits per heavy atom. The summed E-state index contributed by atoms with van der Waals surface area (Å²) in [6.07, 6.45) is 2.20. The van der Waals surface area contributed by atoms with Crippen molar-refractivity contribution < 1.29 is 19.8 Å². The van der Waals surface area contributed by atoms with Gasteiger partial charge in [0.05, 0.1) is 5.92 Å². The van der Waals surface area contributed by atoms with Gasteiger partial charge in [-0.25, -0.2) is 0 Å². The zero-order valence-electron chi connectivity index (χ0n) is 11.6. The number of carbonyl (C=O) groups is 2. The average molecular weight is 276 g/mol. The summed E-state index contributed by atoms with van der Waals surface area (Å²) >= 11 is 0. The number of aliphatic hydroxyl groups excluding tert-OH is 1. The molecule has 1 aliphatic carbocycles. The Morgan fingerprint density at radius 3 is 2.10 bits per heavy atom. The van der Waals surface area contributed by atoms with Crippen molar-refractivity contribution in [3.8, 4) is 0 Å². The van der Waals surface area contributed by atoms with Gasteiger partial charge in [0, 0.05) is 5.56 Å². The number of Topliss-reactive ketones (excluding diaryl/α,β-unsaturated/α-hetero) is 1. The zero-order valence-corrected chi connectivity index (χ0v) is 11.6. The minimum absolute atomic E-state index is 0.206. The summed E-state index contributed by atoms with van der Waals surface area (Å²) in [6, 6.07) is 7.32. The standard InChI is InChI=1S/C16H20O4/c1-10(17)15(18)13-6-2-11(3-7-13)12-4-8-14(9-5-12)16(19)20/h2-3,6-7,10,12,14,17H,4-5,8-9H2,1H3,(H,19,20)/t10-,12?,14?/m0/s1. The molecule has 1 aromatic rings. The van der Waals surface area contributed by atoms with Crippen LogP contribution in [0.15, 0.2) is 24.3 Å². The fourth-order valence-electron chi connectivity index (χ4n) is 2.83. The van der Waals surface area contributed by atoms with E-state index in [4.69, 9.17) is 5.11 Å². The molecular formula is C16H20O4. The molecule has 0 unspecified atom stereocenters. The van der Waals surface area contributed by atoms with Crippen LogP contribution in [0.2, 0.25) is 0 Å². The molecule has 0 aromatic heterocycles. The summed E-state index contributed by atoms with van der Waals surface area (Å²) in [7, 11) is 0. The Kier molecular flexibility index (Phi) is 4.55. The first-order chi connectivity index (χ1) is 9.49. The van der Waals surface area contributed by atoms with E-state index in [1.165, 1.54) is 6.92 Å². The van der Waals surface area contributed by atoms with Crippen LogP contribution in [0.3, 0.4) is 0 Å². The molecule has 108 valence electrons. The molecule has 0 aliphatic heterocycles. The molecular weight excluding hydrogens is 256 g/mol. The van der Waals surface area contributed by atoms with E-state index in [-0.39, 0.29) is 11.7 Å². The first-order valence-electron chi connectivity index (χ1n) is 7.04. The lowest BCUT2D eigenvalue weighted by Crippen LogP contribution is -2.20. The van der Waals surface area contributed by atoms with Gasteiger partial charge < -0.3 is 10.2 Å². The van der Waals surface area contributed by atoms with Gasteiger partial charge in [0.2, 0.25) is 0 Å². The Bertz CT molecular complexity index is 482. The highest BCUT2D eigenvalue weighted by molar-refractivity contribution is 5.99. The van der Waals surface area contributed by atoms with Crippen molar-refractivity contribution in [1.29, 1.82) is 0 Å². The van der Waals surface area contributed by atoms with Crippen LogP contribution < -0.4 is 0 Å². The number of hydrogen-bond donors (Lipinski definition) is 2. The third-order valence-corrected chi connectivity index (χ3v) is 4.12. The summed E-state index contributed by atoms with van der Waals surface area (Å²) in [5.74, 6) is -0.795. The number of aliphatic hydroxyl groups is 1. The second-order valence-electron chi connectivity index (χ2n) is 5.55. The largest absolute Gasteiger partial charge is 0.481 e. The van der Waals surface area contributed by atoms with Crippen LogP contribution in [0.25, 0.3) is 0 Å². The van der Waals surface area contributed by atoms with Gasteiger partial charge in [-0.05, 0) is 44.1 Å². The van der Waals surface area contributed by atoms with E-state index < -0.39 is 12.1 Å². The Labute approximate surface area is 118 Å². The van der Waals surface area contributed by atoms with Gasteiger partial charge in [-0.2, -0.15) is 0 Å². The van der Waals surface area contributed by atoms with Crippen molar-refractivity contribution >= 4 is 11.8 Å². The molecule has 0 amide bonds. The first-order valence-corrected chi connectivity index (χ1v) is 7.04. The van der Waals surface area contributed by atoms with Crippen molar-refractivity contribution in [3.05, 3.63) is 35.4 Å². The lowest BCUT2D eigenvalue weighted by molar-refractivity contribution is -0.142. The normalized spacial score (nSPS) is 24.1. The second-order valence-corrected chi connectivity index (χ2v) is 5.55. The molecule has 4 heteroatoms. The first kappa shape index (κ1) is 14.7. The number of carboxylic acids is 1. The predicted octanol–water partition coefficient (Wildman–Crippen LogP) is 2.61. The van der Waals surface area contributed by atoms with Crippen molar-refractivity contribution in [2.75, 3.05) is 0 Å². The van der Waals surface area contributed by atoms with Crippen LogP contribution in [-0.4, -0.2) is 28.1 Å². The summed E-state index contributed by atoms with van der Waals surface area (Å²) in [5.41, 5.74) is 1.67. The van der Waals surface area contributed by atoms with Gasteiger partial charge >= 0.3 is 5.97 Å². The molecule has 0 heterocycles. The molecule has 1 saturated carbocycles. The van der Waals surface area contributed by atoms with Crippen LogP contribution >= 0.6 is 0 Å². The highest BCUT2D eigenvalue weighted by Crippen LogP contribution is 2.35. The van der Waals surface area contributed by atoms with Crippen molar-refractivity contribution in [2.45, 2.75) is 44.6 Å². The lowest BCUT2D eigenvalue weighted by Gasteiger charge is -2.26. The molecule has 1 aliphatic rings. The number of aliphatic carboxylic acids is 1. The minimum Gasteiger partial charge on any atom is -0.481 e. The Morgan fingerprint density at radius 2 is 1.65 bits per heavy atom. The third-order valence-electron chi connectivity index (χ3n) is 4.12. The molecule has 0 bridgehead atoms. The third kappa shape index (κ3) is 3.25. The molecule has 1 fully saturated rings. The quantitative estimate of drug-likeness (QED) is 0.829. The molecule has 2 rings (SSSR count). The highest BCUT2D eigenvalue weighted by atomic mass is 16.4. The fraction of sp³-hybridized carbons (Fsp3) is 0.500. The summed E-state index contributed by atoms with van der Waals surface area (Å²) in [4.78, 5) is 22.6. The summed E-state index contributed by atoms with van der Waals surface area (Å²) in [6.45, 7) is 1.46. The molecule has 4 nitrogen and oxygen atoms in total. The number of carbonyl (C=O) groups excluding carboxylic acids is 1. The van der Waals surface area contributed by atoms with Gasteiger partial charge in [-0.3, -0.25) is 9.59 Å². The van der Waals surface area contributed by atoms with Gasteiger partial charge in [-0.15, -0.1) is 0 Å². The smallest absolute Gasteiger partial charge is 0.306 e. The van der Waals surface area contributed by atoms with Crippen LogP contribution in [0.4, 0.5) is 0 Å². The Hall–Kier alpha value is -1.68. The van der Waals surface area contributed by atoms with E-state index in [0.717, 1.165) is 18.4 Å². The molecule has 1 atom stereocenters. The van der Waals surface area contributed by atoms with Crippen LogP contribution in [0.1, 0.15) is 54.4 Å². The average Bonchev–Trinajstić information content (AvgIpc) is 2.46. The lowest BCUT2D eigenvalue weighted by atomic mass is 9.78. The van der Waals surface area contributed by atoms with E-state index in [1.807, 2.05) is 12.1 Å². The van der Waals surface area contributed by atoms with Gasteiger partial charge in [0.25, 0.3) is 0 Å². The summed E-state index contributed by atoms with van der Waals surface area (Å²) in [5, 5.41) is 18.3. The number of rotatable bonds is 4. The van der Waals surface area contributed by atoms with E-state index in [0.29, 0.717) is 24.3 Å². The van der Waals surface area contributed by atoms with E-state index >= 15 is 0 Å². The van der Waals surface area contributed by atoms with Gasteiger partial charge in [0.1, 0.15) is 6.10 Å². The van der Waals surface area contributed by atoms with E-state index in [2.05, 4.69) is 0 Å². The molecule has 0 radical (unpaired) electrons. The number of hydrogen-bond acceptors (Lipinski definition) is 3. The topological polar surface area (TPSA) is 74.6 Å². The number of benzene rings is 1. The van der Waals surface area contributed by atoms with Crippen molar-refractivity contribution in [1.82, 2.24) is 0 Å². The van der Waals surface area contributed by atoms with Gasteiger partial charge in [-0.1, -0.05) is 24.3 Å². The Balaban J connectivity index is 2.01. The maximum atomic E-state index is 11.6. The number of carboxylic acid groups (broad SMARTS) is 1. The zero-order chi connectivity index (χ0) is 14.7. The fourth-order valence-corrected chi connectivity index (χ4v) is 2.83. The number of ketones is 1. The molecule has 20 heavy (non-hydrogen) atoms. The monoisotopic (exact) mass is 276 g/mol. The van der Waals surface area contributed by atoms with Crippen molar-refractivity contribution in [2.24, 2.45) is 5.92 Å². The van der Waals surface area contributed by atoms with Crippen LogP contribution in [0.5, 0.6) is 0 Å². The SMILES string of the molecule is C[C@H](O)C(=O)c1ccc(C2CCC(C(=O)O)CC2)cc1. The van der Waals surface area contributed by atoms with Crippen molar-refractivity contribution in [3.63, 3.8) is 0 Å². The van der Waals surface area contributed by atoms with Crippen LogP contribution in [0, 0.1) is 5.92 Å². The van der Waals surface area contributed by atoms with Gasteiger partial charge in [0.15, 0.2) is 5.78 Å². The molecule has 0 saturated heterocycles. The maximum Gasteiger partial charge on any atom is 0.306 e. The summed E-state index contributed by atoms with van der Waals surface area (Å²) < 4.78 is 0. The molecule has 2 N–H and O–H groups in total. The van der Waals surface area contributed by atoms with Crippen LogP contribution in [-0.2, 0) is 4.79 Å². The molecule has 0 spiro atoms. The molecule has 1 aromatic carbocycles. The predicted molar refractivity (Wildman–Crippen MR) is 74.8 cm³/mol. The van der Waals surface area contributed by atoms with E-state index in [9.17, 15) is 14.7 Å². The highest BCUT2D eigenvalue weighted by Gasteiger charge is 2.26. The van der Waals surface area contributed by atoms with E-state index in [1.54, 1.807) is 12.1 Å². The minimum atomic E-state index is -0.980. The maximum absolute atomic E-state index is 11.6. The second kappa shape index (κ2) is 6.18.